The molecule has 18 heteroatoms. The third-order valence-electron chi connectivity index (χ3n) is 3.66. The molecular weight excluding hydrogens is 436 g/mol. The first-order chi connectivity index (χ1) is 14.8. The smallest absolute Gasteiger partial charge is 0.411 e. The fraction of sp³-hybridized carbons (Fsp3) is 0.154. The van der Waals surface area contributed by atoms with Crippen molar-refractivity contribution in [2.45, 2.75) is 10.3 Å². The van der Waals surface area contributed by atoms with Crippen molar-refractivity contribution >= 4 is 23.7 Å². The minimum atomic E-state index is -0.724. The summed E-state index contributed by atoms with van der Waals surface area (Å²) in [5, 5.41) is 40.9. The molecule has 3 heterocycles. The van der Waals surface area contributed by atoms with Crippen LogP contribution in [0.3, 0.4) is 0 Å². The Balaban J connectivity index is 1.54. The zero-order valence-electron chi connectivity index (χ0n) is 15.6. The van der Waals surface area contributed by atoms with E-state index in [1.165, 1.54) is 23.5 Å². The van der Waals surface area contributed by atoms with Gasteiger partial charge in [-0.3, -0.25) is 0 Å². The molecule has 1 aromatic carbocycles. The lowest BCUT2D eigenvalue weighted by Crippen LogP contribution is -2.01. The molecule has 3 aromatic heterocycles. The molecule has 4 rings (SSSR count). The van der Waals surface area contributed by atoms with Crippen LogP contribution in [0.15, 0.2) is 34.6 Å². The predicted octanol–water partition coefficient (Wildman–Crippen LogP) is 0.679. The van der Waals surface area contributed by atoms with Crippen LogP contribution >= 0.6 is 11.8 Å². The molecule has 17 nitrogen and oxygen atoms in total. The maximum Gasteiger partial charge on any atom is 0.494 e. The normalized spacial score (nSPS) is 10.9. The van der Waals surface area contributed by atoms with Crippen LogP contribution in [0.4, 0.5) is 11.9 Å². The van der Waals surface area contributed by atoms with Gasteiger partial charge in [-0.25, -0.2) is 0 Å². The summed E-state index contributed by atoms with van der Waals surface area (Å²) in [5.41, 5.74) is 0.556. The van der Waals surface area contributed by atoms with E-state index >= 15 is 0 Å². The number of nitro groups is 2. The van der Waals surface area contributed by atoms with E-state index in [0.717, 1.165) is 16.4 Å². The molecule has 0 bridgehead atoms. The molecular formula is C13H10N12O5S. The van der Waals surface area contributed by atoms with Crippen molar-refractivity contribution in [1.82, 2.24) is 49.7 Å². The minimum Gasteiger partial charge on any atom is -0.411 e. The van der Waals surface area contributed by atoms with Crippen LogP contribution in [0.1, 0.15) is 0 Å². The molecule has 4 aromatic rings. The highest BCUT2D eigenvalue weighted by Crippen LogP contribution is 2.28. The summed E-state index contributed by atoms with van der Waals surface area (Å²) in [6, 6.07) is 6.39. The van der Waals surface area contributed by atoms with Gasteiger partial charge in [-0.1, -0.05) is 0 Å². The summed E-state index contributed by atoms with van der Waals surface area (Å²) in [6.07, 6.45) is 0. The van der Waals surface area contributed by atoms with E-state index in [9.17, 15) is 20.2 Å². The second-order valence-corrected chi connectivity index (χ2v) is 6.66. The van der Waals surface area contributed by atoms with Crippen molar-refractivity contribution in [3.8, 4) is 17.4 Å². The highest BCUT2D eigenvalue weighted by molar-refractivity contribution is 7.99. The first-order valence-corrected chi connectivity index (χ1v) is 8.99. The molecule has 31 heavy (non-hydrogen) atoms. The van der Waals surface area contributed by atoms with Gasteiger partial charge >= 0.3 is 17.9 Å². The number of hydrogen-bond acceptors (Lipinski definition) is 13. The number of aromatic nitrogens is 10. The second-order valence-electron chi connectivity index (χ2n) is 5.72. The topological polar surface area (TPSA) is 201 Å². The fourth-order valence-corrected chi connectivity index (χ4v) is 3.06. The average molecular weight is 446 g/mol. The van der Waals surface area contributed by atoms with E-state index in [1.807, 2.05) is 0 Å². The van der Waals surface area contributed by atoms with Crippen LogP contribution in [0, 0.1) is 20.2 Å². The zero-order chi connectivity index (χ0) is 22.1. The lowest BCUT2D eigenvalue weighted by molar-refractivity contribution is -0.394. The quantitative estimate of drug-likeness (QED) is 0.283. The molecule has 0 saturated heterocycles. The fourth-order valence-electron chi connectivity index (χ4n) is 2.29. The molecule has 0 aliphatic heterocycles. The summed E-state index contributed by atoms with van der Waals surface area (Å²) in [7, 11) is 2.98. The van der Waals surface area contributed by atoms with Crippen molar-refractivity contribution in [2.75, 3.05) is 0 Å². The summed E-state index contributed by atoms with van der Waals surface area (Å²) >= 11 is 0.990. The second kappa shape index (κ2) is 7.74. The molecule has 0 aliphatic carbocycles. The summed E-state index contributed by atoms with van der Waals surface area (Å²) < 4.78 is 9.29. The summed E-state index contributed by atoms with van der Waals surface area (Å²) in [6.45, 7) is 0. The minimum absolute atomic E-state index is 0.0537. The van der Waals surface area contributed by atoms with Gasteiger partial charge in [0.25, 0.3) is 5.16 Å². The Labute approximate surface area is 175 Å². The van der Waals surface area contributed by atoms with Gasteiger partial charge in [0.2, 0.25) is 5.16 Å². The van der Waals surface area contributed by atoms with Gasteiger partial charge in [0, 0.05) is 29.0 Å². The maximum atomic E-state index is 10.8. The van der Waals surface area contributed by atoms with Crippen LogP contribution in [0.5, 0.6) is 11.8 Å². The van der Waals surface area contributed by atoms with Crippen LogP contribution in [0.25, 0.3) is 5.69 Å². The zero-order valence-corrected chi connectivity index (χ0v) is 16.4. The van der Waals surface area contributed by atoms with Crippen molar-refractivity contribution < 1.29 is 14.6 Å². The highest BCUT2D eigenvalue weighted by atomic mass is 32.2. The maximum absolute atomic E-state index is 10.8. The van der Waals surface area contributed by atoms with E-state index in [1.54, 1.807) is 24.3 Å². The Kier molecular flexibility index (Phi) is 4.95. The van der Waals surface area contributed by atoms with Crippen LogP contribution in [-0.4, -0.2) is 59.6 Å². The molecule has 0 N–H and O–H groups in total. The standard InChI is InChI=1S/C13H10N12O5S/c1-21-11(14-9(17-21)24(26)27)30-8-5-3-7(4-6-8)23-13(16-19-20-23)31-12-15-10(25(28)29)18-22(12)2/h3-6H,1-2H3. The molecule has 0 amide bonds. The van der Waals surface area contributed by atoms with Crippen molar-refractivity contribution in [2.24, 2.45) is 14.1 Å². The largest absolute Gasteiger partial charge is 0.494 e. The number of ether oxygens (including phenoxy) is 1. The van der Waals surface area contributed by atoms with E-state index in [0.29, 0.717) is 16.6 Å². The lowest BCUT2D eigenvalue weighted by atomic mass is 10.3. The number of rotatable bonds is 7. The Hall–Kier alpha value is -4.48. The molecule has 0 radical (unpaired) electrons. The molecule has 0 unspecified atom stereocenters. The molecule has 0 saturated carbocycles. The molecule has 0 spiro atoms. The molecule has 0 aliphatic rings. The molecule has 0 atom stereocenters. The third-order valence-corrected chi connectivity index (χ3v) is 4.64. The monoisotopic (exact) mass is 446 g/mol. The average Bonchev–Trinajstić information content (AvgIpc) is 3.43. The Morgan fingerprint density at radius 1 is 0.935 bits per heavy atom. The van der Waals surface area contributed by atoms with E-state index < -0.39 is 21.7 Å². The van der Waals surface area contributed by atoms with E-state index in [-0.39, 0.29) is 11.2 Å². The van der Waals surface area contributed by atoms with Gasteiger partial charge in [-0.2, -0.15) is 9.36 Å². The van der Waals surface area contributed by atoms with Crippen LogP contribution in [-0.2, 0) is 14.1 Å². The van der Waals surface area contributed by atoms with Gasteiger partial charge in [0.15, 0.2) is 0 Å². The van der Waals surface area contributed by atoms with Crippen molar-refractivity contribution in [3.05, 3.63) is 44.5 Å². The highest BCUT2D eigenvalue weighted by Gasteiger charge is 2.23. The van der Waals surface area contributed by atoms with Crippen LogP contribution < -0.4 is 4.74 Å². The van der Waals surface area contributed by atoms with Gasteiger partial charge in [0.1, 0.15) is 5.75 Å². The Morgan fingerprint density at radius 3 is 2.19 bits per heavy atom. The molecule has 0 fully saturated rings. The predicted molar refractivity (Wildman–Crippen MR) is 98.7 cm³/mol. The van der Waals surface area contributed by atoms with E-state index in [4.69, 9.17) is 4.74 Å². The Morgan fingerprint density at radius 2 is 1.58 bits per heavy atom. The number of nitrogens with zero attached hydrogens (tertiary/aromatic N) is 12. The van der Waals surface area contributed by atoms with Crippen molar-refractivity contribution in [1.29, 1.82) is 0 Å². The van der Waals surface area contributed by atoms with Crippen molar-refractivity contribution in [3.63, 3.8) is 0 Å². The summed E-state index contributed by atoms with van der Waals surface area (Å²) in [4.78, 5) is 27.7. The summed E-state index contributed by atoms with van der Waals surface area (Å²) in [5.74, 6) is -0.761. The van der Waals surface area contributed by atoms with E-state index in [2.05, 4.69) is 35.7 Å². The first-order valence-electron chi connectivity index (χ1n) is 8.17. The SMILES string of the molecule is Cn1nc([N+](=O)[O-])nc1Oc1ccc(-n2nnnc2Sc2nc([N+](=O)[O-])nn2C)cc1. The number of benzene rings is 1. The van der Waals surface area contributed by atoms with Gasteiger partial charge in [-0.05, 0) is 54.5 Å². The van der Waals surface area contributed by atoms with Gasteiger partial charge < -0.3 is 25.0 Å². The van der Waals surface area contributed by atoms with Crippen LogP contribution in [0.2, 0.25) is 0 Å². The first kappa shape index (κ1) is 19.8. The van der Waals surface area contributed by atoms with Gasteiger partial charge in [-0.15, -0.1) is 9.78 Å². The van der Waals surface area contributed by atoms with Gasteiger partial charge in [0.05, 0.1) is 12.7 Å². The number of aryl methyl sites for hydroxylation is 2. The molecule has 158 valence electrons. The number of tetrazole rings is 1. The Bertz CT molecular complexity index is 1280. The third kappa shape index (κ3) is 3.99. The number of hydrogen-bond donors (Lipinski definition) is 0. The lowest BCUT2D eigenvalue weighted by Gasteiger charge is -2.04.